The monoisotopic (exact) mass is 509 g/mol. The second-order valence-corrected chi connectivity index (χ2v) is 9.59. The molecule has 2 rings (SSSR count). The molecule has 1 atom stereocenters. The van der Waals surface area contributed by atoms with E-state index in [2.05, 4.69) is 11.9 Å². The van der Waals surface area contributed by atoms with E-state index >= 15 is 0 Å². The van der Waals surface area contributed by atoms with Gasteiger partial charge in [-0.1, -0.05) is 18.7 Å². The Morgan fingerprint density at radius 2 is 1.89 bits per heavy atom. The minimum absolute atomic E-state index is 0.000597. The second-order valence-electron chi connectivity index (χ2n) is 7.74. The maximum atomic E-state index is 13.4. The van der Waals surface area contributed by atoms with E-state index in [0.29, 0.717) is 5.76 Å². The minimum Gasteiger partial charge on any atom is -0.501 e. The number of carboxylic acids is 1. The number of hydrogen-bond acceptors (Lipinski definition) is 6. The molecule has 0 spiro atoms. The first-order valence-electron chi connectivity index (χ1n) is 10.7. The third kappa shape index (κ3) is 6.40. The van der Waals surface area contributed by atoms with Gasteiger partial charge in [0.25, 0.3) is 15.9 Å². The minimum atomic E-state index is -4.09. The Morgan fingerprint density at radius 3 is 2.47 bits per heavy atom. The topological polar surface area (TPSA) is 137 Å². The Bertz CT molecular complexity index is 1390. The van der Waals surface area contributed by atoms with Gasteiger partial charge in [0.2, 0.25) is 0 Å². The largest absolute Gasteiger partial charge is 0.501 e. The highest BCUT2D eigenvalue weighted by Gasteiger charge is 2.27. The van der Waals surface area contributed by atoms with E-state index in [1.54, 1.807) is 32.9 Å². The number of hydrogen-bond donors (Lipinski definition) is 2. The van der Waals surface area contributed by atoms with Crippen molar-refractivity contribution in [1.29, 1.82) is 5.26 Å². The lowest BCUT2D eigenvalue weighted by molar-refractivity contribution is 0.0698. The summed E-state index contributed by atoms with van der Waals surface area (Å²) >= 11 is 0. The highest BCUT2D eigenvalue weighted by Crippen LogP contribution is 2.24. The number of benzene rings is 2. The molecule has 0 aliphatic carbocycles. The van der Waals surface area contributed by atoms with Crippen LogP contribution < -0.4 is 5.32 Å². The highest BCUT2D eigenvalue weighted by molar-refractivity contribution is 7.89. The second kappa shape index (κ2) is 11.9. The smallest absolute Gasteiger partial charge is 0.337 e. The zero-order valence-corrected chi connectivity index (χ0v) is 21.2. The number of anilines is 1. The van der Waals surface area contributed by atoms with Crippen LogP contribution in [0.2, 0.25) is 0 Å². The van der Waals surface area contributed by atoms with Gasteiger partial charge in [-0.25, -0.2) is 13.2 Å². The number of nitriles is 1. The molecular formula is C26H27N3O6S. The van der Waals surface area contributed by atoms with Gasteiger partial charge in [-0.2, -0.15) is 5.26 Å². The van der Waals surface area contributed by atoms with Crippen molar-refractivity contribution >= 4 is 27.6 Å². The van der Waals surface area contributed by atoms with Crippen LogP contribution in [0, 0.1) is 11.3 Å². The molecule has 0 aliphatic heterocycles. The van der Waals surface area contributed by atoms with E-state index in [-0.39, 0.29) is 27.3 Å². The van der Waals surface area contributed by atoms with Gasteiger partial charge in [0.15, 0.2) is 0 Å². The van der Waals surface area contributed by atoms with Crippen LogP contribution in [0.15, 0.2) is 83.6 Å². The lowest BCUT2D eigenvalue weighted by atomic mass is 10.1. The number of sulfonamides is 1. The first kappa shape index (κ1) is 27.9. The number of methoxy groups -OCH3 is 1. The summed E-state index contributed by atoms with van der Waals surface area (Å²) in [4.78, 5) is 24.3. The molecule has 1 unspecified atom stereocenters. The third-order valence-electron chi connectivity index (χ3n) is 5.42. The van der Waals surface area contributed by atoms with Crippen molar-refractivity contribution < 1.29 is 27.9 Å². The molecule has 0 aliphatic rings. The Morgan fingerprint density at radius 1 is 1.19 bits per heavy atom. The van der Waals surface area contributed by atoms with Crippen molar-refractivity contribution in [3.05, 3.63) is 95.4 Å². The summed E-state index contributed by atoms with van der Waals surface area (Å²) < 4.78 is 33.0. The van der Waals surface area contributed by atoms with Gasteiger partial charge in [0, 0.05) is 11.8 Å². The Labute approximate surface area is 210 Å². The standard InChI is InChI=1S/C26H27N3O6S/c1-6-29(19(4)17(2)10-11-18(3)35-5)36(33,34)22-9-7-8-21(15-22)25(30)28-24-13-12-20(16-27)14-23(24)26(31)32/h6-15,19H,1H2,2-5H3,(H,28,30)(H,31,32)/b17-10+,18-11+. The fourth-order valence-corrected chi connectivity index (χ4v) is 4.68. The molecule has 0 bridgehead atoms. The lowest BCUT2D eigenvalue weighted by Gasteiger charge is -2.27. The van der Waals surface area contributed by atoms with Crippen LogP contribution in [0.25, 0.3) is 0 Å². The van der Waals surface area contributed by atoms with E-state index in [4.69, 9.17) is 10.00 Å². The van der Waals surface area contributed by atoms with Crippen molar-refractivity contribution in [3.8, 4) is 6.07 Å². The molecule has 1 amide bonds. The summed E-state index contributed by atoms with van der Waals surface area (Å²) in [6.45, 7) is 8.89. The molecule has 2 aromatic rings. The predicted molar refractivity (Wildman–Crippen MR) is 136 cm³/mol. The number of rotatable bonds is 10. The fourth-order valence-electron chi connectivity index (χ4n) is 3.13. The normalized spacial score (nSPS) is 12.8. The zero-order valence-electron chi connectivity index (χ0n) is 20.3. The van der Waals surface area contributed by atoms with Gasteiger partial charge in [0.1, 0.15) is 0 Å². The van der Waals surface area contributed by atoms with Crippen molar-refractivity contribution in [2.24, 2.45) is 0 Å². The SMILES string of the molecule is C=CN(C(C)/C(C)=C/C=C(\C)OC)S(=O)(=O)c1cccc(C(=O)Nc2ccc(C#N)cc2C(=O)O)c1. The lowest BCUT2D eigenvalue weighted by Crippen LogP contribution is -2.35. The van der Waals surface area contributed by atoms with Crippen molar-refractivity contribution in [2.45, 2.75) is 31.7 Å². The summed E-state index contributed by atoms with van der Waals surface area (Å²) in [5, 5.41) is 20.9. The van der Waals surface area contributed by atoms with Crippen LogP contribution in [0.1, 0.15) is 47.1 Å². The van der Waals surface area contributed by atoms with Gasteiger partial charge in [-0.3, -0.25) is 9.10 Å². The molecule has 2 aromatic carbocycles. The average Bonchev–Trinajstić information content (AvgIpc) is 2.87. The molecular weight excluding hydrogens is 482 g/mol. The van der Waals surface area contributed by atoms with Crippen molar-refractivity contribution in [2.75, 3.05) is 12.4 Å². The van der Waals surface area contributed by atoms with Crippen LogP contribution in [0.5, 0.6) is 0 Å². The molecule has 0 saturated carbocycles. The number of carbonyl (C=O) groups is 2. The molecule has 0 saturated heterocycles. The average molecular weight is 510 g/mol. The summed E-state index contributed by atoms with van der Waals surface area (Å²) in [5.41, 5.74) is 0.554. The zero-order chi connectivity index (χ0) is 27.0. The molecule has 0 heterocycles. The molecule has 10 heteroatoms. The van der Waals surface area contributed by atoms with Gasteiger partial charge < -0.3 is 15.2 Å². The summed E-state index contributed by atoms with van der Waals surface area (Å²) in [7, 11) is -2.55. The van der Waals surface area contributed by atoms with Crippen molar-refractivity contribution in [3.63, 3.8) is 0 Å². The number of nitrogens with one attached hydrogen (secondary N) is 1. The van der Waals surface area contributed by atoms with E-state index in [0.717, 1.165) is 15.9 Å². The first-order valence-corrected chi connectivity index (χ1v) is 12.1. The number of ether oxygens (including phenoxy) is 1. The Kier molecular flexibility index (Phi) is 9.19. The van der Waals surface area contributed by atoms with Gasteiger partial charge in [-0.05, 0) is 68.8 Å². The number of aromatic carboxylic acids is 1. The maximum absolute atomic E-state index is 13.4. The molecule has 2 N–H and O–H groups in total. The van der Waals surface area contributed by atoms with Gasteiger partial charge >= 0.3 is 5.97 Å². The van der Waals surface area contributed by atoms with Crippen LogP contribution in [-0.4, -0.2) is 42.9 Å². The number of carbonyl (C=O) groups excluding carboxylic acids is 1. The van der Waals surface area contributed by atoms with Crippen LogP contribution >= 0.6 is 0 Å². The van der Waals surface area contributed by atoms with E-state index in [1.165, 1.54) is 49.7 Å². The summed E-state index contributed by atoms with van der Waals surface area (Å²) in [6, 6.07) is 10.4. The highest BCUT2D eigenvalue weighted by atomic mass is 32.2. The number of carboxylic acid groups (broad SMARTS) is 1. The number of amides is 1. The van der Waals surface area contributed by atoms with Gasteiger partial charge in [-0.15, -0.1) is 0 Å². The molecule has 36 heavy (non-hydrogen) atoms. The molecule has 188 valence electrons. The Balaban J connectivity index is 2.39. The van der Waals surface area contributed by atoms with Gasteiger partial charge in [0.05, 0.1) is 46.7 Å². The number of nitrogens with zero attached hydrogens (tertiary/aromatic N) is 2. The fraction of sp³-hybridized carbons (Fsp3) is 0.192. The molecule has 0 radical (unpaired) electrons. The van der Waals surface area contributed by atoms with E-state index in [9.17, 15) is 23.1 Å². The number of allylic oxidation sites excluding steroid dienone is 3. The van der Waals surface area contributed by atoms with Crippen LogP contribution in [0.3, 0.4) is 0 Å². The predicted octanol–water partition coefficient (Wildman–Crippen LogP) is 4.53. The first-order chi connectivity index (χ1) is 17.0. The quantitative estimate of drug-likeness (QED) is 0.355. The summed E-state index contributed by atoms with van der Waals surface area (Å²) in [5.74, 6) is -1.39. The third-order valence-corrected chi connectivity index (χ3v) is 7.29. The maximum Gasteiger partial charge on any atom is 0.337 e. The van der Waals surface area contributed by atoms with Crippen LogP contribution in [-0.2, 0) is 14.8 Å². The Hall–Kier alpha value is -4.36. The molecule has 9 nitrogen and oxygen atoms in total. The van der Waals surface area contributed by atoms with E-state index < -0.39 is 27.9 Å². The summed E-state index contributed by atoms with van der Waals surface area (Å²) in [6.07, 6.45) is 4.67. The molecule has 0 fully saturated rings. The molecule has 0 aromatic heterocycles. The van der Waals surface area contributed by atoms with E-state index in [1.807, 2.05) is 6.07 Å². The van der Waals surface area contributed by atoms with Crippen molar-refractivity contribution in [1.82, 2.24) is 4.31 Å². The van der Waals surface area contributed by atoms with Crippen LogP contribution in [0.4, 0.5) is 5.69 Å².